The molecule has 6 heteroatoms. The Morgan fingerprint density at radius 3 is 3.37 bits per heavy atom. The predicted molar refractivity (Wildman–Crippen MR) is 67.2 cm³/mol. The van der Waals surface area contributed by atoms with Gasteiger partial charge in [0.1, 0.15) is 12.0 Å². The molecule has 1 aromatic heterocycles. The summed E-state index contributed by atoms with van der Waals surface area (Å²) in [5.41, 5.74) is 0.737. The summed E-state index contributed by atoms with van der Waals surface area (Å²) in [7, 11) is 0. The molecule has 0 spiro atoms. The van der Waals surface area contributed by atoms with Crippen LogP contribution in [0.3, 0.4) is 0 Å². The highest BCUT2D eigenvalue weighted by Gasteiger charge is 2.39. The van der Waals surface area contributed by atoms with Gasteiger partial charge in [-0.15, -0.1) is 0 Å². The molecule has 3 heterocycles. The van der Waals surface area contributed by atoms with Crippen molar-refractivity contribution in [1.82, 2.24) is 15.8 Å². The molecule has 0 radical (unpaired) electrons. The van der Waals surface area contributed by atoms with Crippen molar-refractivity contribution in [3.8, 4) is 0 Å². The predicted octanol–water partition coefficient (Wildman–Crippen LogP) is 0.305. The second-order valence-corrected chi connectivity index (χ2v) is 5.26. The summed E-state index contributed by atoms with van der Waals surface area (Å²) in [6.45, 7) is 3.24. The summed E-state index contributed by atoms with van der Waals surface area (Å²) in [4.78, 5) is 11.9. The Bertz CT molecular complexity index is 421. The maximum atomic E-state index is 11.9. The van der Waals surface area contributed by atoms with Gasteiger partial charge in [0.05, 0.1) is 25.7 Å². The van der Waals surface area contributed by atoms with Crippen molar-refractivity contribution in [1.29, 1.82) is 0 Å². The number of carbonyl (C=O) groups excluding carboxylic acids is 1. The van der Waals surface area contributed by atoms with Gasteiger partial charge in [-0.2, -0.15) is 0 Å². The molecular weight excluding hydrogens is 246 g/mol. The summed E-state index contributed by atoms with van der Waals surface area (Å²) in [5, 5.41) is 9.98. The Labute approximate surface area is 111 Å². The number of rotatable bonds is 4. The number of carbonyl (C=O) groups is 1. The molecule has 0 bridgehead atoms. The number of hydrogen-bond donors (Lipinski definition) is 2. The number of nitrogens with one attached hydrogen (secondary N) is 2. The summed E-state index contributed by atoms with van der Waals surface area (Å²) in [6.07, 6.45) is 3.12. The van der Waals surface area contributed by atoms with E-state index in [-0.39, 0.29) is 12.0 Å². The summed E-state index contributed by atoms with van der Waals surface area (Å²) in [6, 6.07) is 1.75. The molecule has 0 aliphatic carbocycles. The van der Waals surface area contributed by atoms with Crippen LogP contribution in [-0.4, -0.2) is 36.9 Å². The first-order chi connectivity index (χ1) is 9.33. The largest absolute Gasteiger partial charge is 0.377 e. The number of fused-ring (bicyclic) bond motifs is 1. The van der Waals surface area contributed by atoms with Crippen molar-refractivity contribution in [2.45, 2.75) is 25.5 Å². The lowest BCUT2D eigenvalue weighted by molar-refractivity contribution is -0.123. The fourth-order valence-corrected chi connectivity index (χ4v) is 2.97. The summed E-state index contributed by atoms with van der Waals surface area (Å²) >= 11 is 0. The fourth-order valence-electron chi connectivity index (χ4n) is 2.97. The van der Waals surface area contributed by atoms with Gasteiger partial charge in [-0.05, 0) is 18.9 Å². The lowest BCUT2D eigenvalue weighted by Crippen LogP contribution is -2.39. The molecule has 2 aliphatic heterocycles. The molecule has 0 unspecified atom stereocenters. The standard InChI is InChI=1S/C13H19N3O3/c17-13(15-7-10-2-4-19-16-10)5-12-11-1-3-14-6-9(11)8-18-12/h2,4,9,11-12,14H,1,3,5-8H2,(H,15,17)/t9-,11-,12+/m1/s1. The van der Waals surface area contributed by atoms with Crippen LogP contribution in [-0.2, 0) is 16.1 Å². The van der Waals surface area contributed by atoms with E-state index in [1.807, 2.05) is 0 Å². The monoisotopic (exact) mass is 265 g/mol. The van der Waals surface area contributed by atoms with Crippen LogP contribution in [0.4, 0.5) is 0 Å². The Hall–Kier alpha value is -1.40. The first-order valence-electron chi connectivity index (χ1n) is 6.81. The second kappa shape index (κ2) is 5.71. The maximum absolute atomic E-state index is 11.9. The van der Waals surface area contributed by atoms with Gasteiger partial charge in [-0.3, -0.25) is 4.79 Å². The minimum absolute atomic E-state index is 0.0205. The first-order valence-corrected chi connectivity index (χ1v) is 6.81. The van der Waals surface area contributed by atoms with E-state index in [4.69, 9.17) is 9.26 Å². The average molecular weight is 265 g/mol. The molecule has 0 aromatic carbocycles. The Balaban J connectivity index is 1.47. The summed E-state index contributed by atoms with van der Waals surface area (Å²) in [5.74, 6) is 1.12. The minimum Gasteiger partial charge on any atom is -0.377 e. The highest BCUT2D eigenvalue weighted by Crippen LogP contribution is 2.33. The second-order valence-electron chi connectivity index (χ2n) is 5.26. The summed E-state index contributed by atoms with van der Waals surface area (Å²) < 4.78 is 10.5. The van der Waals surface area contributed by atoms with Gasteiger partial charge in [-0.25, -0.2) is 0 Å². The van der Waals surface area contributed by atoms with Crippen molar-refractivity contribution >= 4 is 5.91 Å². The van der Waals surface area contributed by atoms with Gasteiger partial charge >= 0.3 is 0 Å². The smallest absolute Gasteiger partial charge is 0.222 e. The molecule has 3 atom stereocenters. The molecule has 1 amide bonds. The number of aromatic nitrogens is 1. The van der Waals surface area contributed by atoms with Crippen LogP contribution in [0.2, 0.25) is 0 Å². The molecule has 2 N–H and O–H groups in total. The van der Waals surface area contributed by atoms with E-state index in [1.165, 1.54) is 6.26 Å². The van der Waals surface area contributed by atoms with Gasteiger partial charge in [0.2, 0.25) is 5.91 Å². The third-order valence-corrected chi connectivity index (χ3v) is 4.01. The molecule has 2 fully saturated rings. The zero-order chi connectivity index (χ0) is 13.1. The Kier molecular flexibility index (Phi) is 3.79. The van der Waals surface area contributed by atoms with Crippen LogP contribution in [0, 0.1) is 11.8 Å². The van der Waals surface area contributed by atoms with Crippen molar-refractivity contribution < 1.29 is 14.1 Å². The van der Waals surface area contributed by atoms with Gasteiger partial charge in [0.15, 0.2) is 0 Å². The third kappa shape index (κ3) is 2.96. The average Bonchev–Trinajstić information content (AvgIpc) is 3.07. The van der Waals surface area contributed by atoms with Gasteiger partial charge in [0, 0.05) is 18.5 Å². The van der Waals surface area contributed by atoms with Crippen LogP contribution in [0.15, 0.2) is 16.9 Å². The van der Waals surface area contributed by atoms with Crippen LogP contribution < -0.4 is 10.6 Å². The normalized spacial score (nSPS) is 30.0. The number of piperidine rings is 1. The number of amides is 1. The third-order valence-electron chi connectivity index (χ3n) is 4.01. The molecule has 1 aromatic rings. The lowest BCUT2D eigenvalue weighted by atomic mass is 9.84. The van der Waals surface area contributed by atoms with Gasteiger partial charge in [0.25, 0.3) is 0 Å². The van der Waals surface area contributed by atoms with E-state index in [1.54, 1.807) is 6.07 Å². The zero-order valence-electron chi connectivity index (χ0n) is 10.8. The van der Waals surface area contributed by atoms with Gasteiger partial charge < -0.3 is 19.9 Å². The minimum atomic E-state index is 0.0205. The number of hydrogen-bond acceptors (Lipinski definition) is 5. The molecule has 19 heavy (non-hydrogen) atoms. The molecule has 2 saturated heterocycles. The van der Waals surface area contributed by atoms with Crippen molar-refractivity contribution in [3.05, 3.63) is 18.0 Å². The van der Waals surface area contributed by atoms with Gasteiger partial charge in [-0.1, -0.05) is 5.16 Å². The highest BCUT2D eigenvalue weighted by molar-refractivity contribution is 5.76. The van der Waals surface area contributed by atoms with E-state index >= 15 is 0 Å². The fraction of sp³-hybridized carbons (Fsp3) is 0.692. The maximum Gasteiger partial charge on any atom is 0.222 e. The van der Waals surface area contributed by atoms with Crippen molar-refractivity contribution in [2.24, 2.45) is 11.8 Å². The van der Waals surface area contributed by atoms with Crippen LogP contribution in [0.5, 0.6) is 0 Å². The van der Waals surface area contributed by atoms with E-state index in [2.05, 4.69) is 15.8 Å². The van der Waals surface area contributed by atoms with E-state index in [9.17, 15) is 4.79 Å². The molecule has 2 aliphatic rings. The highest BCUT2D eigenvalue weighted by atomic mass is 16.5. The van der Waals surface area contributed by atoms with Crippen LogP contribution >= 0.6 is 0 Å². The van der Waals surface area contributed by atoms with E-state index in [0.717, 1.165) is 31.8 Å². The Morgan fingerprint density at radius 1 is 1.58 bits per heavy atom. The number of ether oxygens (including phenoxy) is 1. The topological polar surface area (TPSA) is 76.4 Å². The molecule has 3 rings (SSSR count). The first kappa shape index (κ1) is 12.6. The van der Waals surface area contributed by atoms with E-state index in [0.29, 0.717) is 24.8 Å². The van der Waals surface area contributed by atoms with E-state index < -0.39 is 0 Å². The van der Waals surface area contributed by atoms with Crippen molar-refractivity contribution in [3.63, 3.8) is 0 Å². The molecule has 104 valence electrons. The zero-order valence-corrected chi connectivity index (χ0v) is 10.8. The quantitative estimate of drug-likeness (QED) is 0.819. The molecule has 0 saturated carbocycles. The Morgan fingerprint density at radius 2 is 2.53 bits per heavy atom. The van der Waals surface area contributed by atoms with Crippen LogP contribution in [0.1, 0.15) is 18.5 Å². The lowest BCUT2D eigenvalue weighted by Gasteiger charge is -2.27. The molecule has 6 nitrogen and oxygen atoms in total. The number of nitrogens with zero attached hydrogens (tertiary/aromatic N) is 1. The SMILES string of the molecule is O=C(C[C@@H]1OC[C@H]2CNCC[C@H]21)NCc1ccon1. The molecular formula is C13H19N3O3. The van der Waals surface area contributed by atoms with Crippen molar-refractivity contribution in [2.75, 3.05) is 19.7 Å². The van der Waals surface area contributed by atoms with Crippen LogP contribution in [0.25, 0.3) is 0 Å².